The summed E-state index contributed by atoms with van der Waals surface area (Å²) in [7, 11) is 0. The molecule has 0 aromatic heterocycles. The third-order valence-corrected chi connectivity index (χ3v) is 3.19. The van der Waals surface area contributed by atoms with Gasteiger partial charge in [-0.15, -0.1) is 0 Å². The number of carbonyl (C=O) groups excluding carboxylic acids is 1. The quantitative estimate of drug-likeness (QED) is 0.532. The van der Waals surface area contributed by atoms with Gasteiger partial charge in [0.2, 0.25) is 12.7 Å². The zero-order valence-corrected chi connectivity index (χ0v) is 11.9. The summed E-state index contributed by atoms with van der Waals surface area (Å²) in [6, 6.07) is 11.2. The predicted molar refractivity (Wildman–Crippen MR) is 83.3 cm³/mol. The van der Waals surface area contributed by atoms with Crippen molar-refractivity contribution < 1.29 is 19.2 Å². The molecule has 0 radical (unpaired) electrons. The fourth-order valence-corrected chi connectivity index (χ4v) is 2.12. The predicted octanol–water partition coefficient (Wildman–Crippen LogP) is 2.98. The van der Waals surface area contributed by atoms with Crippen LogP contribution in [0.5, 0.6) is 11.5 Å². The van der Waals surface area contributed by atoms with Gasteiger partial charge in [-0.2, -0.15) is 0 Å². The number of rotatable bonds is 4. The van der Waals surface area contributed by atoms with Crippen molar-refractivity contribution in [2.75, 3.05) is 12.1 Å². The first-order chi connectivity index (χ1) is 11.1. The molecule has 23 heavy (non-hydrogen) atoms. The van der Waals surface area contributed by atoms with E-state index in [1.54, 1.807) is 36.4 Å². The second kappa shape index (κ2) is 6.18. The standard InChI is InChI=1S/C16H12N2O5/c19-16(8-5-11-3-1-2-4-13(11)18(20)21)17-12-6-7-14-15(9-12)23-10-22-14/h1-9H,10H2,(H,17,19). The molecule has 1 amide bonds. The van der Waals surface area contributed by atoms with Crippen molar-refractivity contribution >= 4 is 23.4 Å². The topological polar surface area (TPSA) is 90.7 Å². The number of ether oxygens (including phenoxy) is 2. The van der Waals surface area contributed by atoms with Crippen LogP contribution in [0.2, 0.25) is 0 Å². The van der Waals surface area contributed by atoms with Gasteiger partial charge in [0.25, 0.3) is 5.69 Å². The second-order valence-electron chi connectivity index (χ2n) is 4.71. The van der Waals surface area contributed by atoms with Gasteiger partial charge in [0, 0.05) is 23.9 Å². The summed E-state index contributed by atoms with van der Waals surface area (Å²) in [5.74, 6) is 0.783. The zero-order valence-electron chi connectivity index (χ0n) is 11.9. The molecule has 2 aromatic rings. The molecule has 1 heterocycles. The van der Waals surface area contributed by atoms with Gasteiger partial charge in [0.05, 0.1) is 10.5 Å². The van der Waals surface area contributed by atoms with E-state index in [9.17, 15) is 14.9 Å². The van der Waals surface area contributed by atoms with Crippen molar-refractivity contribution in [3.8, 4) is 11.5 Å². The fourth-order valence-electron chi connectivity index (χ4n) is 2.12. The fraction of sp³-hybridized carbons (Fsp3) is 0.0625. The van der Waals surface area contributed by atoms with E-state index in [2.05, 4.69) is 5.32 Å². The number of nitrogens with zero attached hydrogens (tertiary/aromatic N) is 1. The van der Waals surface area contributed by atoms with Crippen LogP contribution in [-0.4, -0.2) is 17.6 Å². The lowest BCUT2D eigenvalue weighted by molar-refractivity contribution is -0.385. The van der Waals surface area contributed by atoms with Crippen molar-refractivity contribution in [1.82, 2.24) is 0 Å². The number of anilines is 1. The van der Waals surface area contributed by atoms with Gasteiger partial charge in [0.15, 0.2) is 11.5 Å². The van der Waals surface area contributed by atoms with Crippen LogP contribution in [0.1, 0.15) is 5.56 Å². The lowest BCUT2D eigenvalue weighted by Gasteiger charge is -2.03. The molecule has 7 heteroatoms. The number of hydrogen-bond acceptors (Lipinski definition) is 5. The van der Waals surface area contributed by atoms with Crippen molar-refractivity contribution in [3.63, 3.8) is 0 Å². The monoisotopic (exact) mass is 312 g/mol. The minimum atomic E-state index is -0.491. The summed E-state index contributed by atoms with van der Waals surface area (Å²) < 4.78 is 10.4. The number of nitro groups is 1. The average Bonchev–Trinajstić information content (AvgIpc) is 3.00. The largest absolute Gasteiger partial charge is 0.454 e. The molecule has 0 atom stereocenters. The van der Waals surface area contributed by atoms with E-state index in [0.29, 0.717) is 22.7 Å². The summed E-state index contributed by atoms with van der Waals surface area (Å²) in [4.78, 5) is 22.3. The first kappa shape index (κ1) is 14.6. The highest BCUT2D eigenvalue weighted by Gasteiger charge is 2.14. The van der Waals surface area contributed by atoms with Crippen LogP contribution in [0.4, 0.5) is 11.4 Å². The molecule has 0 unspecified atom stereocenters. The van der Waals surface area contributed by atoms with E-state index in [1.165, 1.54) is 18.2 Å². The Labute approximate surface area is 131 Å². The molecule has 0 aliphatic carbocycles. The highest BCUT2D eigenvalue weighted by Crippen LogP contribution is 2.34. The number of benzene rings is 2. The summed E-state index contributed by atoms with van der Waals surface area (Å²) in [5.41, 5.74) is 0.851. The molecule has 0 fully saturated rings. The first-order valence-corrected chi connectivity index (χ1v) is 6.75. The molecule has 116 valence electrons. The molecule has 0 bridgehead atoms. The number of fused-ring (bicyclic) bond motifs is 1. The van der Waals surface area contributed by atoms with Gasteiger partial charge >= 0.3 is 0 Å². The van der Waals surface area contributed by atoms with Crippen molar-refractivity contribution in [3.05, 3.63) is 64.2 Å². The Morgan fingerprint density at radius 1 is 1.17 bits per heavy atom. The van der Waals surface area contributed by atoms with Crippen molar-refractivity contribution in [1.29, 1.82) is 0 Å². The highest BCUT2D eigenvalue weighted by molar-refractivity contribution is 6.02. The van der Waals surface area contributed by atoms with E-state index >= 15 is 0 Å². The number of amides is 1. The van der Waals surface area contributed by atoms with E-state index in [1.807, 2.05) is 0 Å². The van der Waals surface area contributed by atoms with Gasteiger partial charge in [-0.25, -0.2) is 0 Å². The Morgan fingerprint density at radius 2 is 1.96 bits per heavy atom. The van der Waals surface area contributed by atoms with Crippen molar-refractivity contribution in [2.45, 2.75) is 0 Å². The molecule has 2 aromatic carbocycles. The molecule has 1 aliphatic rings. The number of nitro benzene ring substituents is 1. The maximum atomic E-state index is 11.9. The number of nitrogens with one attached hydrogen (secondary N) is 1. The highest BCUT2D eigenvalue weighted by atomic mass is 16.7. The SMILES string of the molecule is O=C(C=Cc1ccccc1[N+](=O)[O-])Nc1ccc2c(c1)OCO2. The van der Waals surface area contributed by atoms with Crippen LogP contribution in [0.15, 0.2) is 48.5 Å². The van der Waals surface area contributed by atoms with Gasteiger partial charge in [-0.05, 0) is 24.3 Å². The second-order valence-corrected chi connectivity index (χ2v) is 4.71. The average molecular weight is 312 g/mol. The lowest BCUT2D eigenvalue weighted by atomic mass is 10.1. The maximum Gasteiger partial charge on any atom is 0.276 e. The van der Waals surface area contributed by atoms with Crippen LogP contribution >= 0.6 is 0 Å². The van der Waals surface area contributed by atoms with Crippen LogP contribution in [0, 0.1) is 10.1 Å². The van der Waals surface area contributed by atoms with E-state index in [4.69, 9.17) is 9.47 Å². The van der Waals surface area contributed by atoms with Crippen LogP contribution in [0.3, 0.4) is 0 Å². The zero-order chi connectivity index (χ0) is 16.2. The molecular formula is C16H12N2O5. The van der Waals surface area contributed by atoms with Gasteiger partial charge in [-0.3, -0.25) is 14.9 Å². The summed E-state index contributed by atoms with van der Waals surface area (Å²) in [5, 5.41) is 13.6. The minimum Gasteiger partial charge on any atom is -0.454 e. The molecule has 0 spiro atoms. The van der Waals surface area contributed by atoms with E-state index in [0.717, 1.165) is 0 Å². The molecule has 1 aliphatic heterocycles. The Bertz CT molecular complexity index is 801. The molecule has 1 N–H and O–H groups in total. The third kappa shape index (κ3) is 3.29. The number of hydrogen-bond donors (Lipinski definition) is 1. The number of para-hydroxylation sites is 1. The Morgan fingerprint density at radius 3 is 2.78 bits per heavy atom. The molecule has 3 rings (SSSR count). The maximum absolute atomic E-state index is 11.9. The molecule has 0 saturated heterocycles. The summed E-state index contributed by atoms with van der Waals surface area (Å²) in [6.07, 6.45) is 2.65. The minimum absolute atomic E-state index is 0.0559. The van der Waals surface area contributed by atoms with Gasteiger partial charge < -0.3 is 14.8 Å². The van der Waals surface area contributed by atoms with Crippen LogP contribution in [0.25, 0.3) is 6.08 Å². The van der Waals surface area contributed by atoms with Crippen LogP contribution in [-0.2, 0) is 4.79 Å². The Kier molecular flexibility index (Phi) is 3.92. The normalized spacial score (nSPS) is 12.3. The first-order valence-electron chi connectivity index (χ1n) is 6.75. The summed E-state index contributed by atoms with van der Waals surface area (Å²) in [6.45, 7) is 0.157. The molecular weight excluding hydrogens is 300 g/mol. The van der Waals surface area contributed by atoms with Crippen LogP contribution < -0.4 is 14.8 Å². The van der Waals surface area contributed by atoms with Gasteiger partial charge in [-0.1, -0.05) is 12.1 Å². The van der Waals surface area contributed by atoms with Gasteiger partial charge in [0.1, 0.15) is 0 Å². The number of carbonyl (C=O) groups is 1. The Hall–Kier alpha value is -3.35. The summed E-state index contributed by atoms with van der Waals surface area (Å²) >= 11 is 0. The third-order valence-electron chi connectivity index (χ3n) is 3.19. The lowest BCUT2D eigenvalue weighted by Crippen LogP contribution is -2.07. The molecule has 7 nitrogen and oxygen atoms in total. The smallest absolute Gasteiger partial charge is 0.276 e. The van der Waals surface area contributed by atoms with Crippen molar-refractivity contribution in [2.24, 2.45) is 0 Å². The van der Waals surface area contributed by atoms with E-state index < -0.39 is 10.8 Å². The Balaban J connectivity index is 1.71. The molecule has 0 saturated carbocycles. The van der Waals surface area contributed by atoms with E-state index in [-0.39, 0.29) is 12.5 Å².